The van der Waals surface area contributed by atoms with Gasteiger partial charge in [0, 0.05) is 33.4 Å². The molecule has 37 heavy (non-hydrogen) atoms. The molecule has 0 aromatic carbocycles. The fourth-order valence-corrected chi connectivity index (χ4v) is 5.88. The van der Waals surface area contributed by atoms with E-state index in [2.05, 4.69) is 11.8 Å². The highest BCUT2D eigenvalue weighted by Gasteiger charge is 2.20. The van der Waals surface area contributed by atoms with Crippen LogP contribution in [0.15, 0.2) is 0 Å². The maximum atomic E-state index is 12.3. The van der Waals surface area contributed by atoms with E-state index in [-0.39, 0.29) is 19.0 Å². The zero-order chi connectivity index (χ0) is 26.9. The van der Waals surface area contributed by atoms with Gasteiger partial charge in [-0.2, -0.15) is 8.42 Å². The van der Waals surface area contributed by atoms with E-state index in [0.717, 1.165) is 39.3 Å². The van der Waals surface area contributed by atoms with Crippen LogP contribution in [-0.4, -0.2) is 85.0 Å². The summed E-state index contributed by atoms with van der Waals surface area (Å²) in [5, 5.41) is 0. The first kappa shape index (κ1) is 34.8. The lowest BCUT2D eigenvalue weighted by atomic mass is 10.0. The van der Waals surface area contributed by atoms with Gasteiger partial charge in [0.2, 0.25) is 0 Å². The van der Waals surface area contributed by atoms with Gasteiger partial charge >= 0.3 is 0 Å². The number of hydrogen-bond donors (Lipinski definition) is 0. The highest BCUT2D eigenvalue weighted by Crippen LogP contribution is 2.14. The van der Waals surface area contributed by atoms with Crippen LogP contribution in [0.25, 0.3) is 0 Å². The standard InChI is InChI=1S/C29H59NO6S/c1-3-4-5-6-7-8-9-10-11-12-13-14-15-16-17-18-23-35-27-29(33-2)28-37(31,32)36-24-19-20-30-21-25-34-26-22-30/h29H,3-28H2,1-2H3. The van der Waals surface area contributed by atoms with E-state index in [1.807, 2.05) is 0 Å². The minimum absolute atomic E-state index is 0.167. The lowest BCUT2D eigenvalue weighted by Gasteiger charge is -2.26. The molecule has 1 aliphatic heterocycles. The topological polar surface area (TPSA) is 74.3 Å². The number of unbranched alkanes of at least 4 members (excludes halogenated alkanes) is 15. The summed E-state index contributed by atoms with van der Waals surface area (Å²) >= 11 is 0. The predicted octanol–water partition coefficient (Wildman–Crippen LogP) is 6.35. The average Bonchev–Trinajstić information content (AvgIpc) is 2.90. The van der Waals surface area contributed by atoms with Crippen molar-refractivity contribution in [1.82, 2.24) is 4.90 Å². The van der Waals surface area contributed by atoms with Gasteiger partial charge in [-0.05, 0) is 12.8 Å². The minimum Gasteiger partial charge on any atom is -0.379 e. The molecule has 0 aliphatic carbocycles. The van der Waals surface area contributed by atoms with E-state index < -0.39 is 16.2 Å². The van der Waals surface area contributed by atoms with Crippen LogP contribution in [0.3, 0.4) is 0 Å². The van der Waals surface area contributed by atoms with Crippen molar-refractivity contribution in [3.05, 3.63) is 0 Å². The van der Waals surface area contributed by atoms with Crippen LogP contribution in [0.5, 0.6) is 0 Å². The molecular formula is C29H59NO6S. The fraction of sp³-hybridized carbons (Fsp3) is 1.00. The van der Waals surface area contributed by atoms with Gasteiger partial charge in [0.15, 0.2) is 0 Å². The highest BCUT2D eigenvalue weighted by atomic mass is 32.2. The molecule has 1 unspecified atom stereocenters. The number of ether oxygens (including phenoxy) is 3. The van der Waals surface area contributed by atoms with Gasteiger partial charge in [-0.1, -0.05) is 103 Å². The van der Waals surface area contributed by atoms with Crippen molar-refractivity contribution in [2.45, 2.75) is 122 Å². The largest absolute Gasteiger partial charge is 0.379 e. The summed E-state index contributed by atoms with van der Waals surface area (Å²) in [4.78, 5) is 2.27. The molecule has 1 aliphatic rings. The van der Waals surface area contributed by atoms with Gasteiger partial charge in [0.05, 0.1) is 32.5 Å². The van der Waals surface area contributed by atoms with E-state index in [1.54, 1.807) is 0 Å². The third-order valence-electron chi connectivity index (χ3n) is 7.15. The Morgan fingerprint density at radius 1 is 0.730 bits per heavy atom. The Bertz CT molecular complexity index is 583. The first-order chi connectivity index (χ1) is 18.1. The maximum Gasteiger partial charge on any atom is 0.269 e. The van der Waals surface area contributed by atoms with Crippen LogP contribution in [0, 0.1) is 0 Å². The summed E-state index contributed by atoms with van der Waals surface area (Å²) in [5.41, 5.74) is 0. The fourth-order valence-electron chi connectivity index (χ4n) is 4.73. The van der Waals surface area contributed by atoms with E-state index in [9.17, 15) is 8.42 Å². The van der Waals surface area contributed by atoms with Gasteiger partial charge < -0.3 is 14.2 Å². The normalized spacial score (nSPS) is 15.8. The van der Waals surface area contributed by atoms with Gasteiger partial charge in [-0.3, -0.25) is 9.08 Å². The molecule has 0 spiro atoms. The molecule has 0 radical (unpaired) electrons. The lowest BCUT2D eigenvalue weighted by Crippen LogP contribution is -2.37. The van der Waals surface area contributed by atoms with E-state index in [1.165, 1.54) is 103 Å². The predicted molar refractivity (Wildman–Crippen MR) is 153 cm³/mol. The first-order valence-corrected chi connectivity index (χ1v) is 16.9. The van der Waals surface area contributed by atoms with Crippen molar-refractivity contribution >= 4 is 10.1 Å². The molecule has 1 atom stereocenters. The van der Waals surface area contributed by atoms with Gasteiger partial charge in [-0.25, -0.2) is 0 Å². The van der Waals surface area contributed by atoms with E-state index in [0.29, 0.717) is 13.0 Å². The zero-order valence-corrected chi connectivity index (χ0v) is 25.1. The number of methoxy groups -OCH3 is 1. The van der Waals surface area contributed by atoms with Crippen molar-refractivity contribution in [2.24, 2.45) is 0 Å². The number of hydrogen-bond acceptors (Lipinski definition) is 7. The zero-order valence-electron chi connectivity index (χ0n) is 24.3. The first-order valence-electron chi connectivity index (χ1n) is 15.3. The SMILES string of the molecule is CCCCCCCCCCCCCCCCCCOCC(CS(=O)(=O)OCCCN1CCOCC1)OC. The van der Waals surface area contributed by atoms with Crippen LogP contribution >= 0.6 is 0 Å². The Morgan fingerprint density at radius 3 is 1.76 bits per heavy atom. The van der Waals surface area contributed by atoms with Crippen molar-refractivity contribution < 1.29 is 26.8 Å². The van der Waals surface area contributed by atoms with E-state index in [4.69, 9.17) is 18.4 Å². The molecule has 0 amide bonds. The lowest BCUT2D eigenvalue weighted by molar-refractivity contribution is 0.0178. The third kappa shape index (κ3) is 22.3. The Labute approximate surface area is 229 Å². The second kappa shape index (κ2) is 24.8. The molecule has 0 aromatic rings. The van der Waals surface area contributed by atoms with Crippen molar-refractivity contribution in [2.75, 3.05) is 65.5 Å². The van der Waals surface area contributed by atoms with Crippen LogP contribution in [0.4, 0.5) is 0 Å². The average molecular weight is 550 g/mol. The molecule has 7 nitrogen and oxygen atoms in total. The molecule has 222 valence electrons. The Kier molecular flexibility index (Phi) is 23.3. The van der Waals surface area contributed by atoms with Gasteiger partial charge in [-0.15, -0.1) is 0 Å². The summed E-state index contributed by atoms with van der Waals surface area (Å²) in [6.07, 6.45) is 21.7. The molecule has 8 heteroatoms. The smallest absolute Gasteiger partial charge is 0.269 e. The molecule has 1 heterocycles. The summed E-state index contributed by atoms with van der Waals surface area (Å²) in [5.74, 6) is -0.167. The van der Waals surface area contributed by atoms with Crippen LogP contribution in [-0.2, 0) is 28.5 Å². The Morgan fingerprint density at radius 2 is 1.24 bits per heavy atom. The molecule has 1 rings (SSSR count). The monoisotopic (exact) mass is 549 g/mol. The molecule has 0 bridgehead atoms. The van der Waals surface area contributed by atoms with Crippen molar-refractivity contribution in [3.63, 3.8) is 0 Å². The molecular weight excluding hydrogens is 490 g/mol. The summed E-state index contributed by atoms with van der Waals surface area (Å²) in [6, 6.07) is 0. The maximum absolute atomic E-state index is 12.3. The molecule has 1 saturated heterocycles. The van der Waals surface area contributed by atoms with Crippen molar-refractivity contribution in [3.8, 4) is 0 Å². The quantitative estimate of drug-likeness (QED) is 0.0873. The van der Waals surface area contributed by atoms with Gasteiger partial charge in [0.1, 0.15) is 5.75 Å². The Balaban J connectivity index is 1.88. The van der Waals surface area contributed by atoms with E-state index >= 15 is 0 Å². The van der Waals surface area contributed by atoms with Crippen LogP contribution in [0.2, 0.25) is 0 Å². The number of rotatable bonds is 27. The second-order valence-corrected chi connectivity index (χ2v) is 12.3. The molecule has 1 fully saturated rings. The molecule has 0 N–H and O–H groups in total. The summed E-state index contributed by atoms with van der Waals surface area (Å²) in [7, 11) is -2.09. The third-order valence-corrected chi connectivity index (χ3v) is 8.46. The Hall–Kier alpha value is -0.250. The van der Waals surface area contributed by atoms with Gasteiger partial charge in [0.25, 0.3) is 10.1 Å². The van der Waals surface area contributed by atoms with Crippen LogP contribution < -0.4 is 0 Å². The second-order valence-electron chi connectivity index (χ2n) is 10.6. The summed E-state index contributed by atoms with van der Waals surface area (Å²) in [6.45, 7) is 7.53. The number of morpholine rings is 1. The summed E-state index contributed by atoms with van der Waals surface area (Å²) < 4.78 is 46.0. The minimum atomic E-state index is -3.62. The van der Waals surface area contributed by atoms with Crippen LogP contribution in [0.1, 0.15) is 116 Å². The molecule has 0 saturated carbocycles. The van der Waals surface area contributed by atoms with Crippen molar-refractivity contribution in [1.29, 1.82) is 0 Å². The molecule has 0 aromatic heterocycles. The highest BCUT2D eigenvalue weighted by molar-refractivity contribution is 7.86. The number of nitrogens with zero attached hydrogens (tertiary/aromatic N) is 1.